The van der Waals surface area contributed by atoms with Gasteiger partial charge in [0.1, 0.15) is 5.60 Å². The fraction of sp³-hybridized carbons (Fsp3) is 0.588. The summed E-state index contributed by atoms with van der Waals surface area (Å²) in [6.45, 7) is 8.97. The average molecular weight is 307 g/mol. The lowest BCUT2D eigenvalue weighted by atomic mass is 10.1. The lowest BCUT2D eigenvalue weighted by Gasteiger charge is -2.22. The van der Waals surface area contributed by atoms with E-state index in [1.54, 1.807) is 0 Å². The van der Waals surface area contributed by atoms with Gasteiger partial charge < -0.3 is 20.3 Å². The molecular weight excluding hydrogens is 278 g/mol. The van der Waals surface area contributed by atoms with Gasteiger partial charge in [-0.05, 0) is 53.4 Å². The smallest absolute Gasteiger partial charge is 0.407 e. The molecule has 1 aromatic rings. The average Bonchev–Trinajstić information content (AvgIpc) is 2.36. The van der Waals surface area contributed by atoms with E-state index in [0.717, 1.165) is 12.2 Å². The summed E-state index contributed by atoms with van der Waals surface area (Å²) >= 11 is 0. The zero-order valence-corrected chi connectivity index (χ0v) is 14.6. The van der Waals surface area contributed by atoms with E-state index in [1.807, 2.05) is 53.9 Å². The molecule has 0 aliphatic carbocycles. The summed E-state index contributed by atoms with van der Waals surface area (Å²) in [7, 11) is 4.09. The van der Waals surface area contributed by atoms with Crippen molar-refractivity contribution in [3.8, 4) is 0 Å². The predicted octanol–water partition coefficient (Wildman–Crippen LogP) is 3.07. The normalized spacial score (nSPS) is 12.9. The van der Waals surface area contributed by atoms with Crippen molar-refractivity contribution < 1.29 is 9.53 Å². The van der Waals surface area contributed by atoms with E-state index < -0.39 is 5.60 Å². The molecule has 5 heteroatoms. The van der Waals surface area contributed by atoms with E-state index in [2.05, 4.69) is 27.7 Å². The number of alkyl carbamates (subject to hydrolysis) is 1. The van der Waals surface area contributed by atoms with Crippen LogP contribution >= 0.6 is 0 Å². The van der Waals surface area contributed by atoms with Crippen molar-refractivity contribution in [2.24, 2.45) is 0 Å². The minimum Gasteiger partial charge on any atom is -0.444 e. The van der Waals surface area contributed by atoms with Gasteiger partial charge in [-0.1, -0.05) is 18.2 Å². The first-order valence-corrected chi connectivity index (χ1v) is 7.63. The van der Waals surface area contributed by atoms with Crippen LogP contribution in [0.4, 0.5) is 10.5 Å². The summed E-state index contributed by atoms with van der Waals surface area (Å²) in [5, 5.41) is 6.22. The highest BCUT2D eigenvalue weighted by molar-refractivity contribution is 5.67. The summed E-state index contributed by atoms with van der Waals surface area (Å²) in [5.74, 6) is 0. The van der Waals surface area contributed by atoms with Crippen LogP contribution in [0.15, 0.2) is 24.3 Å². The van der Waals surface area contributed by atoms with E-state index in [4.69, 9.17) is 4.74 Å². The van der Waals surface area contributed by atoms with Crippen molar-refractivity contribution in [1.82, 2.24) is 10.2 Å². The summed E-state index contributed by atoms with van der Waals surface area (Å²) in [6, 6.07) is 8.32. The highest BCUT2D eigenvalue weighted by Crippen LogP contribution is 2.17. The number of para-hydroxylation sites is 1. The first-order valence-electron chi connectivity index (χ1n) is 7.63. The Balaban J connectivity index is 2.52. The summed E-state index contributed by atoms with van der Waals surface area (Å²) in [6.07, 6.45) is -0.386. The second kappa shape index (κ2) is 8.03. The Morgan fingerprint density at radius 2 is 1.91 bits per heavy atom. The number of hydrogen-bond acceptors (Lipinski definition) is 4. The van der Waals surface area contributed by atoms with Crippen molar-refractivity contribution >= 4 is 11.8 Å². The maximum absolute atomic E-state index is 11.7. The maximum Gasteiger partial charge on any atom is 0.407 e. The van der Waals surface area contributed by atoms with Crippen molar-refractivity contribution in [3.63, 3.8) is 0 Å². The quantitative estimate of drug-likeness (QED) is 0.848. The molecule has 0 saturated heterocycles. The van der Waals surface area contributed by atoms with Gasteiger partial charge in [0.2, 0.25) is 0 Å². The van der Waals surface area contributed by atoms with E-state index in [-0.39, 0.29) is 12.1 Å². The minimum absolute atomic E-state index is 0.107. The summed E-state index contributed by atoms with van der Waals surface area (Å²) in [4.78, 5) is 13.8. The number of nitrogens with one attached hydrogen (secondary N) is 2. The second-order valence-corrected chi connectivity index (χ2v) is 6.82. The minimum atomic E-state index is -0.473. The molecule has 0 saturated carbocycles. The summed E-state index contributed by atoms with van der Waals surface area (Å²) in [5.41, 5.74) is 1.85. The molecule has 1 atom stereocenters. The van der Waals surface area contributed by atoms with Crippen molar-refractivity contribution in [1.29, 1.82) is 0 Å². The van der Waals surface area contributed by atoms with E-state index in [1.165, 1.54) is 5.56 Å². The van der Waals surface area contributed by atoms with Crippen LogP contribution in [0.3, 0.4) is 0 Å². The Morgan fingerprint density at radius 3 is 2.50 bits per heavy atom. The number of hydrogen-bond donors (Lipinski definition) is 2. The number of ether oxygens (including phenoxy) is 1. The third-order valence-electron chi connectivity index (χ3n) is 2.86. The van der Waals surface area contributed by atoms with Crippen LogP contribution in [0, 0.1) is 0 Å². The maximum atomic E-state index is 11.7. The van der Waals surface area contributed by atoms with Crippen molar-refractivity contribution in [3.05, 3.63) is 29.8 Å². The number of anilines is 1. The molecule has 0 bridgehead atoms. The number of carbonyl (C=O) groups excluding carboxylic acids is 1. The zero-order valence-electron chi connectivity index (χ0n) is 14.6. The van der Waals surface area contributed by atoms with Crippen LogP contribution in [-0.4, -0.2) is 43.3 Å². The molecule has 0 aliphatic rings. The molecule has 0 radical (unpaired) electrons. The number of rotatable bonds is 6. The molecule has 5 nitrogen and oxygen atoms in total. The van der Waals surface area contributed by atoms with Crippen molar-refractivity contribution in [2.75, 3.05) is 26.0 Å². The van der Waals surface area contributed by atoms with Crippen LogP contribution < -0.4 is 10.6 Å². The van der Waals surface area contributed by atoms with Gasteiger partial charge in [0.05, 0.1) is 0 Å². The molecule has 1 amide bonds. The molecule has 1 unspecified atom stereocenters. The van der Waals surface area contributed by atoms with Crippen LogP contribution in [-0.2, 0) is 11.3 Å². The van der Waals surface area contributed by atoms with Crippen molar-refractivity contribution in [2.45, 2.75) is 45.9 Å². The number of carbonyl (C=O) groups is 1. The van der Waals surface area contributed by atoms with E-state index in [0.29, 0.717) is 6.54 Å². The van der Waals surface area contributed by atoms with Gasteiger partial charge in [0.15, 0.2) is 0 Å². The second-order valence-electron chi connectivity index (χ2n) is 6.82. The Bertz CT molecular complexity index is 481. The van der Waals surface area contributed by atoms with Gasteiger partial charge in [-0.2, -0.15) is 0 Å². The van der Waals surface area contributed by atoms with Gasteiger partial charge in [0.25, 0.3) is 0 Å². The molecule has 124 valence electrons. The zero-order chi connectivity index (χ0) is 16.8. The standard InChI is InChI=1S/C17H29N3O2/c1-13(11-18-16(21)22-17(2,3)4)19-15-10-8-7-9-14(15)12-20(5)6/h7-10,13,19H,11-12H2,1-6H3,(H,18,21). The van der Waals surface area contributed by atoms with Gasteiger partial charge in [-0.15, -0.1) is 0 Å². The van der Waals surface area contributed by atoms with Crippen LogP contribution in [0.1, 0.15) is 33.3 Å². The van der Waals surface area contributed by atoms with Gasteiger partial charge >= 0.3 is 6.09 Å². The van der Waals surface area contributed by atoms with Gasteiger partial charge in [0, 0.05) is 24.8 Å². The fourth-order valence-electron chi connectivity index (χ4n) is 2.01. The highest BCUT2D eigenvalue weighted by Gasteiger charge is 2.16. The predicted molar refractivity (Wildman–Crippen MR) is 91.2 cm³/mol. The monoisotopic (exact) mass is 307 g/mol. The topological polar surface area (TPSA) is 53.6 Å². The molecule has 0 spiro atoms. The molecule has 1 aromatic carbocycles. The fourth-order valence-corrected chi connectivity index (χ4v) is 2.01. The van der Waals surface area contributed by atoms with Crippen LogP contribution in [0.5, 0.6) is 0 Å². The molecule has 0 aromatic heterocycles. The lowest BCUT2D eigenvalue weighted by Crippen LogP contribution is -2.38. The number of benzene rings is 1. The molecule has 22 heavy (non-hydrogen) atoms. The summed E-state index contributed by atoms with van der Waals surface area (Å²) < 4.78 is 5.23. The lowest BCUT2D eigenvalue weighted by molar-refractivity contribution is 0.0526. The first-order chi connectivity index (χ1) is 10.2. The number of amides is 1. The van der Waals surface area contributed by atoms with E-state index in [9.17, 15) is 4.79 Å². The van der Waals surface area contributed by atoms with Gasteiger partial charge in [-0.3, -0.25) is 0 Å². The third kappa shape index (κ3) is 7.31. The van der Waals surface area contributed by atoms with E-state index >= 15 is 0 Å². The molecular formula is C17H29N3O2. The Labute approximate surface area is 134 Å². The third-order valence-corrected chi connectivity index (χ3v) is 2.86. The molecule has 0 heterocycles. The SMILES string of the molecule is CC(CNC(=O)OC(C)(C)C)Nc1ccccc1CN(C)C. The Kier molecular flexibility index (Phi) is 6.68. The molecule has 2 N–H and O–H groups in total. The van der Waals surface area contributed by atoms with Crippen LogP contribution in [0.2, 0.25) is 0 Å². The first kappa shape index (κ1) is 18.3. The molecule has 0 aliphatic heterocycles. The Hall–Kier alpha value is -1.75. The molecule has 0 fully saturated rings. The molecule has 1 rings (SSSR count). The highest BCUT2D eigenvalue weighted by atomic mass is 16.6. The van der Waals surface area contributed by atoms with Gasteiger partial charge in [-0.25, -0.2) is 4.79 Å². The Morgan fingerprint density at radius 1 is 1.27 bits per heavy atom. The number of nitrogens with zero attached hydrogens (tertiary/aromatic N) is 1. The van der Waals surface area contributed by atoms with Crippen LogP contribution in [0.25, 0.3) is 0 Å². The largest absolute Gasteiger partial charge is 0.444 e.